The molecule has 0 saturated carbocycles. The number of unbranched alkanes of at least 4 members (excludes halogenated alkanes) is 10. The van der Waals surface area contributed by atoms with Gasteiger partial charge in [-0.25, -0.2) is 0 Å². The lowest BCUT2D eigenvalue weighted by molar-refractivity contribution is -0.145. The van der Waals surface area contributed by atoms with Crippen LogP contribution in [-0.2, 0) is 44.8 Å². The zero-order chi connectivity index (χ0) is 47.6. The molecule has 1 heterocycles. The highest BCUT2D eigenvalue weighted by Crippen LogP contribution is 2.21. The quantitative estimate of drug-likeness (QED) is 0.0383. The lowest BCUT2D eigenvalue weighted by Crippen LogP contribution is -2.61. The number of aromatic hydroxyl groups is 1. The number of hydrogen-bond acceptors (Lipinski definition) is 11. The van der Waals surface area contributed by atoms with Crippen molar-refractivity contribution in [3.8, 4) is 5.75 Å². The molecule has 0 bridgehead atoms. The predicted molar refractivity (Wildman–Crippen MR) is 240 cm³/mol. The van der Waals surface area contributed by atoms with Crippen molar-refractivity contribution < 1.29 is 53.7 Å². The van der Waals surface area contributed by atoms with Gasteiger partial charge in [0.2, 0.25) is 41.4 Å². The van der Waals surface area contributed by atoms with Crippen LogP contribution in [0, 0.1) is 5.92 Å². The van der Waals surface area contributed by atoms with Gasteiger partial charge in [0.15, 0.2) is 0 Å². The van der Waals surface area contributed by atoms with Gasteiger partial charge in [-0.15, -0.1) is 0 Å². The van der Waals surface area contributed by atoms with E-state index < -0.39 is 84.4 Å². The maximum absolute atomic E-state index is 13.9. The van der Waals surface area contributed by atoms with Crippen molar-refractivity contribution in [2.24, 2.45) is 5.92 Å². The molecule has 7 atom stereocenters. The number of hydrogen-bond donors (Lipinski definition) is 9. The molecule has 9 N–H and O–H groups in total. The highest BCUT2D eigenvalue weighted by atomic mass is 16.3. The van der Waals surface area contributed by atoms with Gasteiger partial charge in [0.25, 0.3) is 0 Å². The number of nitrogens with one attached hydrogen (secondary N) is 6. The zero-order valence-electron chi connectivity index (χ0n) is 38.5. The summed E-state index contributed by atoms with van der Waals surface area (Å²) in [5.74, 6) is -4.87. The molecule has 18 nitrogen and oxygen atoms in total. The normalized spacial score (nSPS) is 16.4. The van der Waals surface area contributed by atoms with E-state index in [0.717, 1.165) is 19.3 Å². The first-order valence-electron chi connectivity index (χ1n) is 23.1. The van der Waals surface area contributed by atoms with Crippen LogP contribution in [-0.4, -0.2) is 130 Å². The number of phenolic OH excluding ortho intramolecular Hbond substituents is 1. The molecule has 1 fully saturated rings. The van der Waals surface area contributed by atoms with E-state index in [0.29, 0.717) is 24.7 Å². The summed E-state index contributed by atoms with van der Waals surface area (Å²) in [6.07, 6.45) is 11.2. The minimum atomic E-state index is -1.57. The number of aliphatic hydroxyl groups is 2. The number of carbonyl (C=O) groups is 8. The average Bonchev–Trinajstić information content (AvgIpc) is 3.75. The molecule has 1 aliphatic heterocycles. The van der Waals surface area contributed by atoms with Crippen molar-refractivity contribution in [3.05, 3.63) is 29.8 Å². The molecular weight excluding hydrogens is 827 g/mol. The standard InChI is InChI=1S/C46H75N7O11/c1-6-7-8-9-10-11-12-13-14-15-16-19-38(58)49-35(27-30(2)3)43(61)52-41(32(5)56)46(64)53-25-17-18-37(53)44(62)51-40(31(4)55)45(63)48-29-39(59)50-36(42(60)47-24-26-54)28-33-20-22-34(57)23-21-33/h20-23,26,30-32,35-37,40-41,55-57H,6-19,24-25,27-29H2,1-5H3,(H,47,60)(H,48,63)(H,49,58)(H,50,59)(H,51,62)(H,52,61)/t31?,32?,35-,36-,37+,40?,41?/m0/s1. The number of nitrogens with zero attached hydrogens (tertiary/aromatic N) is 1. The Morgan fingerprint density at radius 1 is 0.703 bits per heavy atom. The minimum absolute atomic E-state index is 0.00437. The number of likely N-dealkylation sites (tertiary alicyclic amines) is 1. The average molecular weight is 902 g/mol. The van der Waals surface area contributed by atoms with Crippen LogP contribution in [0.4, 0.5) is 0 Å². The third-order valence-corrected chi connectivity index (χ3v) is 11.1. The molecule has 4 unspecified atom stereocenters. The SMILES string of the molecule is CCCCCCCCCCCCCC(=O)N[C@@H](CC(C)C)C(=O)NC(C(=O)N1CCC[C@@H]1C(=O)NC(C(=O)NCC(=O)N[C@@H](Cc1ccc(O)cc1)C(=O)NCC=O)C(C)O)C(C)O. The van der Waals surface area contributed by atoms with Gasteiger partial charge < -0.3 is 56.9 Å². The van der Waals surface area contributed by atoms with E-state index in [9.17, 15) is 53.7 Å². The number of carbonyl (C=O) groups excluding carboxylic acids is 8. The Hall–Kier alpha value is -5.10. The molecule has 18 heteroatoms. The predicted octanol–water partition coefficient (Wildman–Crippen LogP) is 1.81. The molecule has 64 heavy (non-hydrogen) atoms. The first-order chi connectivity index (χ1) is 30.5. The zero-order valence-corrected chi connectivity index (χ0v) is 38.5. The highest BCUT2D eigenvalue weighted by molar-refractivity contribution is 5.97. The second-order valence-electron chi connectivity index (χ2n) is 17.3. The lowest BCUT2D eigenvalue weighted by atomic mass is 10.0. The number of aldehydes is 1. The van der Waals surface area contributed by atoms with Gasteiger partial charge in [-0.1, -0.05) is 97.1 Å². The molecule has 7 amide bonds. The number of benzene rings is 1. The monoisotopic (exact) mass is 902 g/mol. The molecule has 360 valence electrons. The topological polar surface area (TPSA) is 273 Å². The second-order valence-corrected chi connectivity index (χ2v) is 17.3. The Bertz CT molecular complexity index is 1640. The maximum atomic E-state index is 13.9. The first-order valence-corrected chi connectivity index (χ1v) is 23.1. The van der Waals surface area contributed by atoms with E-state index in [-0.39, 0.29) is 56.3 Å². The number of aliphatic hydroxyl groups excluding tert-OH is 2. The van der Waals surface area contributed by atoms with Crippen LogP contribution < -0.4 is 31.9 Å². The summed E-state index contributed by atoms with van der Waals surface area (Å²) < 4.78 is 0. The smallest absolute Gasteiger partial charge is 0.248 e. The van der Waals surface area contributed by atoms with E-state index >= 15 is 0 Å². The van der Waals surface area contributed by atoms with Crippen molar-refractivity contribution in [1.82, 2.24) is 36.8 Å². The summed E-state index contributed by atoms with van der Waals surface area (Å²) in [5.41, 5.74) is 0.580. The van der Waals surface area contributed by atoms with Crippen LogP contribution in [0.2, 0.25) is 0 Å². The van der Waals surface area contributed by atoms with Crippen molar-refractivity contribution in [3.63, 3.8) is 0 Å². The first kappa shape index (κ1) is 55.0. The molecule has 0 radical (unpaired) electrons. The molecule has 2 rings (SSSR count). The molecule has 1 aliphatic rings. The van der Waals surface area contributed by atoms with Gasteiger partial charge in [0, 0.05) is 19.4 Å². The van der Waals surface area contributed by atoms with Crippen LogP contribution in [0.15, 0.2) is 24.3 Å². The summed E-state index contributed by atoms with van der Waals surface area (Å²) >= 11 is 0. The van der Waals surface area contributed by atoms with E-state index in [4.69, 9.17) is 0 Å². The van der Waals surface area contributed by atoms with Gasteiger partial charge in [-0.2, -0.15) is 0 Å². The van der Waals surface area contributed by atoms with Gasteiger partial charge in [-0.05, 0) is 63.1 Å². The van der Waals surface area contributed by atoms with Crippen LogP contribution in [0.5, 0.6) is 5.75 Å². The van der Waals surface area contributed by atoms with Gasteiger partial charge in [0.1, 0.15) is 42.2 Å². The van der Waals surface area contributed by atoms with E-state index in [1.54, 1.807) is 12.1 Å². The summed E-state index contributed by atoms with van der Waals surface area (Å²) in [6, 6.07) is -0.402. The van der Waals surface area contributed by atoms with E-state index in [1.165, 1.54) is 75.8 Å². The third-order valence-electron chi connectivity index (χ3n) is 11.1. The van der Waals surface area contributed by atoms with Crippen molar-refractivity contribution in [1.29, 1.82) is 0 Å². The minimum Gasteiger partial charge on any atom is -0.508 e. The fraction of sp³-hybridized carbons (Fsp3) is 0.696. The summed E-state index contributed by atoms with van der Waals surface area (Å²) in [6.45, 7) is 7.71. The van der Waals surface area contributed by atoms with Gasteiger partial charge >= 0.3 is 0 Å². The van der Waals surface area contributed by atoms with Gasteiger partial charge in [-0.3, -0.25) is 33.6 Å². The Morgan fingerprint density at radius 2 is 1.28 bits per heavy atom. The van der Waals surface area contributed by atoms with Crippen LogP contribution >= 0.6 is 0 Å². The highest BCUT2D eigenvalue weighted by Gasteiger charge is 2.41. The Morgan fingerprint density at radius 3 is 1.84 bits per heavy atom. The maximum Gasteiger partial charge on any atom is 0.248 e. The third kappa shape index (κ3) is 20.6. The van der Waals surface area contributed by atoms with Crippen molar-refractivity contribution in [2.45, 2.75) is 180 Å². The lowest BCUT2D eigenvalue weighted by Gasteiger charge is -2.32. The number of rotatable bonds is 31. The van der Waals surface area contributed by atoms with Crippen molar-refractivity contribution in [2.75, 3.05) is 19.6 Å². The largest absolute Gasteiger partial charge is 0.508 e. The number of phenols is 1. The molecular formula is C46H75N7O11. The molecule has 0 aliphatic carbocycles. The van der Waals surface area contributed by atoms with Crippen molar-refractivity contribution >= 4 is 47.6 Å². The molecule has 0 aromatic heterocycles. The Balaban J connectivity index is 2.00. The summed E-state index contributed by atoms with van der Waals surface area (Å²) in [7, 11) is 0. The second kappa shape index (κ2) is 30.1. The summed E-state index contributed by atoms with van der Waals surface area (Å²) in [4.78, 5) is 105. The van der Waals surface area contributed by atoms with Crippen LogP contribution in [0.1, 0.15) is 136 Å². The molecule has 1 saturated heterocycles. The molecule has 0 spiro atoms. The molecule has 1 aromatic rings. The van der Waals surface area contributed by atoms with E-state index in [2.05, 4.69) is 38.8 Å². The van der Waals surface area contributed by atoms with Gasteiger partial charge in [0.05, 0.1) is 25.3 Å². The van der Waals surface area contributed by atoms with E-state index in [1.807, 2.05) is 13.8 Å². The van der Waals surface area contributed by atoms with Crippen LogP contribution in [0.3, 0.4) is 0 Å². The fourth-order valence-electron chi connectivity index (χ4n) is 7.56. The summed E-state index contributed by atoms with van der Waals surface area (Å²) in [5, 5.41) is 45.9. The Labute approximate surface area is 378 Å². The number of amides is 7. The van der Waals surface area contributed by atoms with Crippen LogP contribution in [0.25, 0.3) is 0 Å². The molecule has 1 aromatic carbocycles. The fourth-order valence-corrected chi connectivity index (χ4v) is 7.56. The Kier molecular flexibility index (Phi) is 25.9.